The first-order valence-corrected chi connectivity index (χ1v) is 15.5. The molecule has 1 aromatic heterocycles. The van der Waals surface area contributed by atoms with E-state index in [0.29, 0.717) is 6.42 Å². The van der Waals surface area contributed by atoms with Crippen molar-refractivity contribution in [3.8, 4) is 0 Å². The van der Waals surface area contributed by atoms with Crippen LogP contribution in [0.4, 0.5) is 4.79 Å². The average molecular weight is 568 g/mol. The van der Waals surface area contributed by atoms with E-state index >= 15 is 0 Å². The normalized spacial score (nSPS) is 15.9. The van der Waals surface area contributed by atoms with Gasteiger partial charge in [0.25, 0.3) is 7.37 Å². The lowest BCUT2D eigenvalue weighted by molar-refractivity contribution is -0.124. The molecule has 0 bridgehead atoms. The lowest BCUT2D eigenvalue weighted by Crippen LogP contribution is -2.53. The number of benzene rings is 1. The summed E-state index contributed by atoms with van der Waals surface area (Å²) < 4.78 is 37.2. The molecule has 2 rings (SSSR count). The van der Waals surface area contributed by atoms with E-state index < -0.39 is 42.8 Å². The molecule has 10 nitrogen and oxygen atoms in total. The van der Waals surface area contributed by atoms with Gasteiger partial charge >= 0.3 is 6.09 Å². The maximum atomic E-state index is 14.4. The Labute approximate surface area is 232 Å². The number of aromatic nitrogens is 1. The number of fused-ring (bicyclic) bond motifs is 1. The van der Waals surface area contributed by atoms with Crippen molar-refractivity contribution in [2.75, 3.05) is 19.8 Å². The second-order valence-electron chi connectivity index (χ2n) is 10.4. The van der Waals surface area contributed by atoms with E-state index in [9.17, 15) is 14.2 Å². The minimum absolute atomic E-state index is 0.145. The summed E-state index contributed by atoms with van der Waals surface area (Å²) in [6.07, 6.45) is 1.89. The fourth-order valence-corrected chi connectivity index (χ4v) is 7.14. The first kappa shape index (κ1) is 32.8. The zero-order chi connectivity index (χ0) is 29.2. The molecule has 3 N–H and O–H groups in total. The average Bonchev–Trinajstić information content (AvgIpc) is 3.28. The van der Waals surface area contributed by atoms with Crippen LogP contribution in [0.25, 0.3) is 10.9 Å². The Kier molecular flexibility index (Phi) is 12.5. The first-order chi connectivity index (χ1) is 18.4. The third-order valence-electron chi connectivity index (χ3n) is 6.21. The van der Waals surface area contributed by atoms with Crippen molar-refractivity contribution in [3.63, 3.8) is 0 Å². The Balaban J connectivity index is 2.46. The highest BCUT2D eigenvalue weighted by atomic mass is 31.2. The highest BCUT2D eigenvalue weighted by molar-refractivity contribution is 7.60. The standard InChI is InChI=1S/C28H46N3O7P/c1-9-19(5)25(39(34,37-12-4)27(35-10-2)36-11-3)31-24(32)23(30-26(33)38-28(6,7)8)17-20-18-29-22-16-14-13-15-21(20)22/h13-16,18-19,23,25,27,29H,9-12,17H2,1-8H3,(H,30,33)(H,31,32)/t19-,23-,25-,39?/m0/s1. The summed E-state index contributed by atoms with van der Waals surface area (Å²) in [5.41, 5.74) is 1.01. The number of carbonyl (C=O) groups excluding carboxylic acids is 2. The van der Waals surface area contributed by atoms with E-state index in [2.05, 4.69) is 15.6 Å². The Bertz CT molecular complexity index is 1110. The van der Waals surface area contributed by atoms with Crippen LogP contribution in [0.2, 0.25) is 0 Å². The monoisotopic (exact) mass is 567 g/mol. The molecule has 2 aromatic rings. The number of H-pyrrole nitrogens is 1. The van der Waals surface area contributed by atoms with Crippen LogP contribution in [0.15, 0.2) is 30.5 Å². The highest BCUT2D eigenvalue weighted by Crippen LogP contribution is 2.58. The van der Waals surface area contributed by atoms with Gasteiger partial charge in [-0.1, -0.05) is 38.5 Å². The van der Waals surface area contributed by atoms with Crippen LogP contribution in [-0.2, 0) is 34.5 Å². The Morgan fingerprint density at radius 1 is 1.00 bits per heavy atom. The van der Waals surface area contributed by atoms with Crippen LogP contribution in [0.5, 0.6) is 0 Å². The SMILES string of the molecule is CCOC(OCC)P(=O)(OCC)[C@H](NC(=O)[C@H](Cc1c[nH]c2ccccc12)NC(=O)OC(C)(C)C)[C@@H](C)CC. The number of rotatable bonds is 15. The molecule has 0 aliphatic carbocycles. The zero-order valence-corrected chi connectivity index (χ0v) is 25.4. The van der Waals surface area contributed by atoms with E-state index in [1.807, 2.05) is 44.3 Å². The van der Waals surface area contributed by atoms with Crippen molar-refractivity contribution < 1.29 is 32.9 Å². The molecular formula is C28H46N3O7P. The number of nitrogens with one attached hydrogen (secondary N) is 3. The maximum Gasteiger partial charge on any atom is 0.408 e. The number of amides is 2. The summed E-state index contributed by atoms with van der Waals surface area (Å²) >= 11 is 0. The van der Waals surface area contributed by atoms with Crippen molar-refractivity contribution in [3.05, 3.63) is 36.0 Å². The van der Waals surface area contributed by atoms with E-state index in [1.54, 1.807) is 41.5 Å². The fraction of sp³-hybridized carbons (Fsp3) is 0.643. The predicted octanol–water partition coefficient (Wildman–Crippen LogP) is 5.76. The summed E-state index contributed by atoms with van der Waals surface area (Å²) in [6, 6.07) is 5.56. The lowest BCUT2D eigenvalue weighted by atomic mass is 10.0. The minimum atomic E-state index is -3.74. The predicted molar refractivity (Wildman–Crippen MR) is 153 cm³/mol. The second-order valence-corrected chi connectivity index (χ2v) is 12.9. The molecule has 0 saturated heterocycles. The molecule has 0 aliphatic heterocycles. The van der Waals surface area contributed by atoms with E-state index in [0.717, 1.165) is 16.5 Å². The molecule has 2 amide bonds. The number of alkyl carbamates (subject to hydrolysis) is 1. The first-order valence-electron chi connectivity index (χ1n) is 13.7. The fourth-order valence-electron chi connectivity index (χ4n) is 4.25. The summed E-state index contributed by atoms with van der Waals surface area (Å²) in [5, 5.41) is 6.61. The van der Waals surface area contributed by atoms with Gasteiger partial charge in [-0.25, -0.2) is 4.79 Å². The van der Waals surface area contributed by atoms with Crippen molar-refractivity contribution in [2.45, 2.75) is 91.7 Å². The Morgan fingerprint density at radius 3 is 2.21 bits per heavy atom. The smallest absolute Gasteiger partial charge is 0.408 e. The van der Waals surface area contributed by atoms with E-state index in [-0.39, 0.29) is 32.2 Å². The Morgan fingerprint density at radius 2 is 1.64 bits per heavy atom. The third-order valence-corrected chi connectivity index (χ3v) is 9.17. The molecule has 1 unspecified atom stereocenters. The molecule has 11 heteroatoms. The topological polar surface area (TPSA) is 128 Å². The van der Waals surface area contributed by atoms with Gasteiger partial charge in [0.2, 0.25) is 11.9 Å². The van der Waals surface area contributed by atoms with Crippen molar-refractivity contribution in [1.82, 2.24) is 15.6 Å². The van der Waals surface area contributed by atoms with Crippen LogP contribution < -0.4 is 10.6 Å². The summed E-state index contributed by atoms with van der Waals surface area (Å²) in [6.45, 7) is 15.0. The number of para-hydroxylation sites is 1. The molecule has 4 atom stereocenters. The van der Waals surface area contributed by atoms with Crippen molar-refractivity contribution in [1.29, 1.82) is 0 Å². The number of ether oxygens (including phenoxy) is 3. The molecule has 39 heavy (non-hydrogen) atoms. The summed E-state index contributed by atoms with van der Waals surface area (Å²) in [4.78, 5) is 29.9. The molecule has 0 spiro atoms. The zero-order valence-electron chi connectivity index (χ0n) is 24.5. The summed E-state index contributed by atoms with van der Waals surface area (Å²) in [7, 11) is -3.74. The van der Waals surface area contributed by atoms with Gasteiger partial charge in [-0.2, -0.15) is 0 Å². The lowest BCUT2D eigenvalue weighted by Gasteiger charge is -2.36. The number of aromatic amines is 1. The maximum absolute atomic E-state index is 14.4. The largest absolute Gasteiger partial charge is 0.444 e. The van der Waals surface area contributed by atoms with Gasteiger partial charge in [-0.15, -0.1) is 0 Å². The molecule has 1 aromatic carbocycles. The quantitative estimate of drug-likeness (QED) is 0.184. The van der Waals surface area contributed by atoms with Gasteiger partial charge in [-0.05, 0) is 59.1 Å². The number of carbonyl (C=O) groups is 2. The van der Waals surface area contributed by atoms with Crippen LogP contribution in [0.1, 0.15) is 67.4 Å². The Hall–Kier alpha value is -2.39. The van der Waals surface area contributed by atoms with Crippen LogP contribution in [-0.4, -0.2) is 60.3 Å². The summed E-state index contributed by atoms with van der Waals surface area (Å²) in [5.74, 6) is -1.67. The van der Waals surface area contributed by atoms with E-state index in [4.69, 9.17) is 18.7 Å². The molecule has 220 valence electrons. The third kappa shape index (κ3) is 9.07. The van der Waals surface area contributed by atoms with Crippen molar-refractivity contribution >= 4 is 30.3 Å². The van der Waals surface area contributed by atoms with Crippen LogP contribution >= 0.6 is 7.37 Å². The minimum Gasteiger partial charge on any atom is -0.444 e. The number of hydrogen-bond acceptors (Lipinski definition) is 7. The number of hydrogen-bond donors (Lipinski definition) is 3. The van der Waals surface area contributed by atoms with Gasteiger partial charge in [0.15, 0.2) is 0 Å². The molecule has 0 fully saturated rings. The molecule has 0 radical (unpaired) electrons. The molecule has 0 aliphatic rings. The second kappa shape index (κ2) is 14.8. The van der Waals surface area contributed by atoms with Crippen molar-refractivity contribution in [2.24, 2.45) is 5.92 Å². The highest BCUT2D eigenvalue weighted by Gasteiger charge is 2.47. The van der Waals surface area contributed by atoms with Gasteiger partial charge < -0.3 is 34.4 Å². The van der Waals surface area contributed by atoms with Gasteiger partial charge in [0, 0.05) is 36.7 Å². The van der Waals surface area contributed by atoms with E-state index in [1.165, 1.54) is 0 Å². The molecule has 1 heterocycles. The van der Waals surface area contributed by atoms with Gasteiger partial charge in [0.05, 0.1) is 6.61 Å². The van der Waals surface area contributed by atoms with Crippen LogP contribution in [0.3, 0.4) is 0 Å². The van der Waals surface area contributed by atoms with Gasteiger partial charge in [-0.3, -0.25) is 9.36 Å². The van der Waals surface area contributed by atoms with Crippen LogP contribution in [0, 0.1) is 5.92 Å². The van der Waals surface area contributed by atoms with Gasteiger partial charge in [0.1, 0.15) is 17.4 Å². The molecular weight excluding hydrogens is 521 g/mol. The molecule has 0 saturated carbocycles.